The molecule has 1 unspecified atom stereocenters. The molecule has 2 aromatic rings. The van der Waals surface area contributed by atoms with Crippen molar-refractivity contribution in [2.24, 2.45) is 10.2 Å². The second kappa shape index (κ2) is 8.77. The summed E-state index contributed by atoms with van der Waals surface area (Å²) in [6.07, 6.45) is 1.67. The number of amides is 2. The first kappa shape index (κ1) is 18.3. The minimum absolute atomic E-state index is 0.0692. The Morgan fingerprint density at radius 1 is 1.23 bits per heavy atom. The number of hydrogen-bond acceptors (Lipinski definition) is 5. The molecule has 132 valence electrons. The Bertz CT molecular complexity index is 871. The zero-order valence-corrected chi connectivity index (χ0v) is 16.0. The van der Waals surface area contributed by atoms with Crippen molar-refractivity contribution in [3.63, 3.8) is 0 Å². The second-order valence-corrected chi connectivity index (χ2v) is 7.53. The Kier molecular flexibility index (Phi) is 6.19. The quantitative estimate of drug-likeness (QED) is 0.563. The molecule has 3 rings (SSSR count). The van der Waals surface area contributed by atoms with Crippen LogP contribution in [0.1, 0.15) is 12.0 Å². The number of nitrogens with zero attached hydrogens (tertiary/aromatic N) is 2. The number of benzene rings is 2. The fourth-order valence-corrected chi connectivity index (χ4v) is 3.56. The van der Waals surface area contributed by atoms with Crippen molar-refractivity contribution in [3.8, 4) is 0 Å². The molecule has 0 radical (unpaired) electrons. The molecule has 1 aliphatic rings. The van der Waals surface area contributed by atoms with Crippen LogP contribution in [0.2, 0.25) is 0 Å². The van der Waals surface area contributed by atoms with Gasteiger partial charge >= 0.3 is 0 Å². The van der Waals surface area contributed by atoms with Gasteiger partial charge in [-0.05, 0) is 29.8 Å². The lowest BCUT2D eigenvalue weighted by Gasteiger charge is -2.06. The molecule has 1 saturated heterocycles. The van der Waals surface area contributed by atoms with Gasteiger partial charge in [0.2, 0.25) is 11.8 Å². The highest BCUT2D eigenvalue weighted by molar-refractivity contribution is 9.10. The number of anilines is 1. The number of amidine groups is 1. The summed E-state index contributed by atoms with van der Waals surface area (Å²) in [4.78, 5) is 24.1. The van der Waals surface area contributed by atoms with Gasteiger partial charge < -0.3 is 10.6 Å². The molecule has 0 saturated carbocycles. The number of thioether (sulfide) groups is 1. The second-order valence-electron chi connectivity index (χ2n) is 5.42. The van der Waals surface area contributed by atoms with Gasteiger partial charge in [-0.3, -0.25) is 9.59 Å². The first-order chi connectivity index (χ1) is 12.6. The predicted molar refractivity (Wildman–Crippen MR) is 108 cm³/mol. The van der Waals surface area contributed by atoms with Crippen LogP contribution >= 0.6 is 27.7 Å². The summed E-state index contributed by atoms with van der Waals surface area (Å²) < 4.78 is 0.946. The van der Waals surface area contributed by atoms with Gasteiger partial charge in [-0.15, -0.1) is 5.10 Å². The highest BCUT2D eigenvalue weighted by Crippen LogP contribution is 2.23. The Balaban J connectivity index is 1.55. The van der Waals surface area contributed by atoms with E-state index < -0.39 is 5.25 Å². The van der Waals surface area contributed by atoms with E-state index in [9.17, 15) is 9.59 Å². The van der Waals surface area contributed by atoms with Crippen LogP contribution < -0.4 is 10.6 Å². The lowest BCUT2D eigenvalue weighted by Crippen LogP contribution is -2.28. The van der Waals surface area contributed by atoms with Crippen molar-refractivity contribution in [2.45, 2.75) is 11.7 Å². The monoisotopic (exact) mass is 430 g/mol. The van der Waals surface area contributed by atoms with Crippen LogP contribution in [0.25, 0.3) is 0 Å². The average molecular weight is 431 g/mol. The Morgan fingerprint density at radius 3 is 2.81 bits per heavy atom. The predicted octanol–water partition coefficient (Wildman–Crippen LogP) is 3.40. The van der Waals surface area contributed by atoms with Gasteiger partial charge in [-0.1, -0.05) is 58.0 Å². The summed E-state index contributed by atoms with van der Waals surface area (Å²) in [6.45, 7) is 0. The SMILES string of the molecule is O=C(CC1SC(=NN=Cc2cccc(Br)c2)NC1=O)Nc1ccccc1. The fourth-order valence-electron chi connectivity index (χ4n) is 2.22. The number of para-hydroxylation sites is 1. The van der Waals surface area contributed by atoms with Crippen LogP contribution in [-0.4, -0.2) is 28.4 Å². The molecule has 26 heavy (non-hydrogen) atoms. The number of carbonyl (C=O) groups excluding carboxylic acids is 2. The van der Waals surface area contributed by atoms with E-state index in [0.717, 1.165) is 10.0 Å². The molecule has 1 atom stereocenters. The van der Waals surface area contributed by atoms with Gasteiger partial charge in [0.05, 0.1) is 6.21 Å². The van der Waals surface area contributed by atoms with Gasteiger partial charge in [0.1, 0.15) is 5.25 Å². The summed E-state index contributed by atoms with van der Waals surface area (Å²) >= 11 is 4.59. The highest BCUT2D eigenvalue weighted by Gasteiger charge is 2.32. The smallest absolute Gasteiger partial charge is 0.240 e. The maximum Gasteiger partial charge on any atom is 0.240 e. The average Bonchev–Trinajstić information content (AvgIpc) is 2.95. The highest BCUT2D eigenvalue weighted by atomic mass is 79.9. The van der Waals surface area contributed by atoms with E-state index in [-0.39, 0.29) is 18.2 Å². The van der Waals surface area contributed by atoms with Gasteiger partial charge in [0.25, 0.3) is 0 Å². The largest absolute Gasteiger partial charge is 0.326 e. The molecule has 2 N–H and O–H groups in total. The summed E-state index contributed by atoms with van der Waals surface area (Å²) in [5, 5.41) is 13.3. The minimum Gasteiger partial charge on any atom is -0.326 e. The van der Waals surface area contributed by atoms with E-state index in [1.165, 1.54) is 11.8 Å². The molecule has 0 aliphatic carbocycles. The molecule has 1 heterocycles. The van der Waals surface area contributed by atoms with Crippen LogP contribution in [-0.2, 0) is 9.59 Å². The van der Waals surface area contributed by atoms with Crippen molar-refractivity contribution >= 4 is 56.6 Å². The van der Waals surface area contributed by atoms with Gasteiger partial charge in [0, 0.05) is 16.6 Å². The molecule has 2 aromatic carbocycles. The Morgan fingerprint density at radius 2 is 2.04 bits per heavy atom. The van der Waals surface area contributed by atoms with E-state index in [2.05, 4.69) is 36.8 Å². The van der Waals surface area contributed by atoms with Crippen LogP contribution in [0, 0.1) is 0 Å². The minimum atomic E-state index is -0.515. The zero-order valence-electron chi connectivity index (χ0n) is 13.6. The van der Waals surface area contributed by atoms with Crippen LogP contribution in [0.15, 0.2) is 69.3 Å². The van der Waals surface area contributed by atoms with Crippen molar-refractivity contribution in [1.82, 2.24) is 5.32 Å². The molecule has 2 amide bonds. The molecule has 0 spiro atoms. The van der Waals surface area contributed by atoms with Crippen LogP contribution in [0.3, 0.4) is 0 Å². The Hall–Kier alpha value is -2.45. The van der Waals surface area contributed by atoms with E-state index >= 15 is 0 Å². The molecule has 1 fully saturated rings. The lowest BCUT2D eigenvalue weighted by molar-refractivity contribution is -0.122. The van der Waals surface area contributed by atoms with Gasteiger partial charge in [0.15, 0.2) is 5.17 Å². The third-order valence-electron chi connectivity index (χ3n) is 3.41. The third-order valence-corrected chi connectivity index (χ3v) is 4.97. The normalized spacial score (nSPS) is 18.3. The molecule has 0 aromatic heterocycles. The standard InChI is InChI=1S/C18H15BrN4O2S/c19-13-6-4-5-12(9-13)11-20-23-18-22-17(25)15(26-18)10-16(24)21-14-7-2-1-3-8-14/h1-9,11,15H,10H2,(H,21,24)(H,22,23,25). The van der Waals surface area contributed by atoms with Crippen LogP contribution in [0.5, 0.6) is 0 Å². The van der Waals surface area contributed by atoms with E-state index in [0.29, 0.717) is 10.9 Å². The number of nitrogens with one attached hydrogen (secondary N) is 2. The maximum absolute atomic E-state index is 12.1. The molecule has 8 heteroatoms. The maximum atomic E-state index is 12.1. The van der Waals surface area contributed by atoms with Gasteiger partial charge in [-0.2, -0.15) is 5.10 Å². The molecule has 1 aliphatic heterocycles. The van der Waals surface area contributed by atoms with E-state index in [1.54, 1.807) is 18.3 Å². The number of carbonyl (C=O) groups is 2. The van der Waals surface area contributed by atoms with E-state index in [4.69, 9.17) is 0 Å². The lowest BCUT2D eigenvalue weighted by atomic mass is 10.2. The number of rotatable bonds is 5. The van der Waals surface area contributed by atoms with Crippen molar-refractivity contribution in [2.75, 3.05) is 5.32 Å². The van der Waals surface area contributed by atoms with E-state index in [1.807, 2.05) is 42.5 Å². The zero-order chi connectivity index (χ0) is 18.4. The van der Waals surface area contributed by atoms with Crippen LogP contribution in [0.4, 0.5) is 5.69 Å². The summed E-state index contributed by atoms with van der Waals surface area (Å²) in [7, 11) is 0. The summed E-state index contributed by atoms with van der Waals surface area (Å²) in [5.74, 6) is -0.461. The van der Waals surface area contributed by atoms with Crippen molar-refractivity contribution in [3.05, 3.63) is 64.6 Å². The molecule has 0 bridgehead atoms. The summed E-state index contributed by atoms with van der Waals surface area (Å²) in [5.41, 5.74) is 1.59. The molecule has 6 nitrogen and oxygen atoms in total. The van der Waals surface area contributed by atoms with Crippen molar-refractivity contribution in [1.29, 1.82) is 0 Å². The number of halogens is 1. The molecular formula is C18H15BrN4O2S. The van der Waals surface area contributed by atoms with Crippen molar-refractivity contribution < 1.29 is 9.59 Å². The fraction of sp³-hybridized carbons (Fsp3) is 0.111. The van der Waals surface area contributed by atoms with Gasteiger partial charge in [-0.25, -0.2) is 0 Å². The summed E-state index contributed by atoms with van der Waals surface area (Å²) in [6, 6.07) is 16.7. The Labute approximate surface area is 163 Å². The molecular weight excluding hydrogens is 416 g/mol. The first-order valence-electron chi connectivity index (χ1n) is 7.79. The third kappa shape index (κ3) is 5.27. The first-order valence-corrected chi connectivity index (χ1v) is 9.46. The topological polar surface area (TPSA) is 82.9 Å². The number of hydrogen-bond donors (Lipinski definition) is 2.